The minimum Gasteiger partial charge on any atom is -0.272 e. The molecule has 1 saturated heterocycles. The number of carbonyl (C=O) groups excluding carboxylic acids is 1. The van der Waals surface area contributed by atoms with Crippen LogP contribution in [0.2, 0.25) is 0 Å². The Balaban J connectivity index is 2.85. The number of rotatable bonds is 3. The first-order chi connectivity index (χ1) is 6.03. The van der Waals surface area contributed by atoms with Gasteiger partial charge in [-0.3, -0.25) is 4.79 Å². The molecule has 0 aromatic rings. The summed E-state index contributed by atoms with van der Waals surface area (Å²) in [6.07, 6.45) is 1.25. The van der Waals surface area contributed by atoms with Crippen molar-refractivity contribution < 1.29 is 13.2 Å². The van der Waals surface area contributed by atoms with E-state index < -0.39 is 22.2 Å². The number of amides is 1. The maximum atomic E-state index is 11.3. The summed E-state index contributed by atoms with van der Waals surface area (Å²) < 4.78 is 25.3. The molecule has 0 aromatic heterocycles. The summed E-state index contributed by atoms with van der Waals surface area (Å²) in [5, 5.41) is 0. The lowest BCUT2D eigenvalue weighted by molar-refractivity contribution is -0.126. The van der Waals surface area contributed by atoms with E-state index in [9.17, 15) is 13.2 Å². The molecule has 1 fully saturated rings. The maximum absolute atomic E-state index is 11.3. The third-order valence-corrected chi connectivity index (χ3v) is 3.66. The third-order valence-electron chi connectivity index (χ3n) is 1.81. The summed E-state index contributed by atoms with van der Waals surface area (Å²) in [4.78, 5) is 11.3. The largest absolute Gasteiger partial charge is 0.305 e. The fraction of sp³-hybridized carbons (Fsp3) is 0.833. The Bertz CT molecular complexity index is 303. The van der Waals surface area contributed by atoms with E-state index >= 15 is 0 Å². The van der Waals surface area contributed by atoms with Crippen molar-refractivity contribution in [1.29, 1.82) is 0 Å². The van der Waals surface area contributed by atoms with Crippen LogP contribution in [-0.4, -0.2) is 30.7 Å². The Morgan fingerprint density at radius 2 is 2.23 bits per heavy atom. The van der Waals surface area contributed by atoms with Gasteiger partial charge in [-0.25, -0.2) is 4.31 Å². The molecule has 0 radical (unpaired) electrons. The Kier molecular flexibility index (Phi) is 3.15. The van der Waals surface area contributed by atoms with Crippen molar-refractivity contribution >= 4 is 27.7 Å². The summed E-state index contributed by atoms with van der Waals surface area (Å²) in [7, 11) is -3.66. The highest BCUT2D eigenvalue weighted by atomic mass is 35.5. The van der Waals surface area contributed by atoms with Crippen LogP contribution in [0.1, 0.15) is 19.8 Å². The second-order valence-corrected chi connectivity index (χ2v) is 4.64. The molecule has 1 rings (SSSR count). The number of nitrogens with one attached hydrogen (secondary N) is 1. The zero-order valence-electron chi connectivity index (χ0n) is 7.16. The normalized spacial score (nSPS) is 26.8. The summed E-state index contributed by atoms with van der Waals surface area (Å²) in [6.45, 7) is 1.88. The molecule has 76 valence electrons. The summed E-state index contributed by atoms with van der Waals surface area (Å²) in [5.74, 6) is -0.461. The molecule has 1 aliphatic rings. The summed E-state index contributed by atoms with van der Waals surface area (Å²) in [5.41, 5.74) is 0. The predicted octanol–water partition coefficient (Wildman–Crippen LogP) is 0.0280. The van der Waals surface area contributed by atoms with Crippen molar-refractivity contribution in [2.75, 3.05) is 6.00 Å². The van der Waals surface area contributed by atoms with E-state index in [1.807, 2.05) is 6.92 Å². The maximum Gasteiger partial charge on any atom is 0.305 e. The Morgan fingerprint density at radius 3 is 2.62 bits per heavy atom. The van der Waals surface area contributed by atoms with Crippen molar-refractivity contribution in [2.45, 2.75) is 25.8 Å². The highest BCUT2D eigenvalue weighted by Gasteiger charge is 2.41. The zero-order valence-corrected chi connectivity index (χ0v) is 8.73. The number of alkyl halides is 1. The molecule has 0 saturated carbocycles. The van der Waals surface area contributed by atoms with Gasteiger partial charge in [0, 0.05) is 0 Å². The Morgan fingerprint density at radius 1 is 1.62 bits per heavy atom. The molecule has 0 spiro atoms. The number of halogens is 1. The van der Waals surface area contributed by atoms with Gasteiger partial charge < -0.3 is 0 Å². The highest BCUT2D eigenvalue weighted by molar-refractivity contribution is 7.88. The molecule has 0 bridgehead atoms. The SMILES string of the molecule is CCCC1NS(=O)(=O)N(CCl)C1=O. The van der Waals surface area contributed by atoms with E-state index in [0.717, 1.165) is 6.42 Å². The number of nitrogens with zero attached hydrogens (tertiary/aromatic N) is 1. The van der Waals surface area contributed by atoms with Gasteiger partial charge in [0.25, 0.3) is 5.91 Å². The van der Waals surface area contributed by atoms with Crippen LogP contribution in [0.5, 0.6) is 0 Å². The van der Waals surface area contributed by atoms with E-state index in [1.54, 1.807) is 0 Å². The zero-order chi connectivity index (χ0) is 10.1. The smallest absolute Gasteiger partial charge is 0.272 e. The van der Waals surface area contributed by atoms with Gasteiger partial charge >= 0.3 is 10.2 Å². The molecular formula is C6H11ClN2O3S. The molecule has 13 heavy (non-hydrogen) atoms. The van der Waals surface area contributed by atoms with Gasteiger partial charge in [-0.15, -0.1) is 11.6 Å². The first-order valence-corrected chi connectivity index (χ1v) is 5.90. The van der Waals surface area contributed by atoms with Crippen LogP contribution in [0.15, 0.2) is 0 Å². The number of carbonyl (C=O) groups is 1. The number of hydrogen-bond donors (Lipinski definition) is 1. The van der Waals surface area contributed by atoms with Crippen molar-refractivity contribution in [3.63, 3.8) is 0 Å². The Hall–Kier alpha value is -0.330. The third kappa shape index (κ3) is 1.95. The van der Waals surface area contributed by atoms with Crippen LogP contribution in [0.4, 0.5) is 0 Å². The number of hydrogen-bond acceptors (Lipinski definition) is 3. The van der Waals surface area contributed by atoms with Gasteiger partial charge in [-0.05, 0) is 6.42 Å². The molecule has 7 heteroatoms. The molecule has 1 N–H and O–H groups in total. The molecule has 1 amide bonds. The van der Waals surface area contributed by atoms with Gasteiger partial charge in [0.1, 0.15) is 12.0 Å². The van der Waals surface area contributed by atoms with E-state index in [-0.39, 0.29) is 6.00 Å². The van der Waals surface area contributed by atoms with Gasteiger partial charge in [0.15, 0.2) is 0 Å². The standard InChI is InChI=1S/C6H11ClN2O3S/c1-2-3-5-6(10)9(4-7)13(11,12)8-5/h5,8H,2-4H2,1H3. The van der Waals surface area contributed by atoms with Crippen LogP contribution < -0.4 is 4.72 Å². The first-order valence-electron chi connectivity index (χ1n) is 3.92. The van der Waals surface area contributed by atoms with E-state index in [4.69, 9.17) is 11.6 Å². The van der Waals surface area contributed by atoms with Crippen LogP contribution in [-0.2, 0) is 15.0 Å². The van der Waals surface area contributed by atoms with Crippen LogP contribution in [0, 0.1) is 0 Å². The molecule has 1 heterocycles. The average Bonchev–Trinajstić information content (AvgIpc) is 2.23. The molecule has 1 unspecified atom stereocenters. The minimum absolute atomic E-state index is 0.325. The predicted molar refractivity (Wildman–Crippen MR) is 48.3 cm³/mol. The lowest BCUT2D eigenvalue weighted by Gasteiger charge is -2.08. The average molecular weight is 227 g/mol. The van der Waals surface area contributed by atoms with Crippen molar-refractivity contribution in [2.24, 2.45) is 0 Å². The topological polar surface area (TPSA) is 66.5 Å². The van der Waals surface area contributed by atoms with Crippen LogP contribution in [0.3, 0.4) is 0 Å². The second-order valence-electron chi connectivity index (χ2n) is 2.77. The fourth-order valence-corrected chi connectivity index (χ4v) is 2.88. The van der Waals surface area contributed by atoms with Gasteiger partial charge in [-0.2, -0.15) is 13.1 Å². The monoisotopic (exact) mass is 226 g/mol. The molecule has 5 nitrogen and oxygen atoms in total. The van der Waals surface area contributed by atoms with Gasteiger partial charge in [0.2, 0.25) is 0 Å². The summed E-state index contributed by atoms with van der Waals surface area (Å²) >= 11 is 5.34. The first kappa shape index (κ1) is 10.7. The molecule has 1 aliphatic heterocycles. The lowest BCUT2D eigenvalue weighted by atomic mass is 10.2. The van der Waals surface area contributed by atoms with E-state index in [0.29, 0.717) is 10.7 Å². The molecule has 1 atom stereocenters. The fourth-order valence-electron chi connectivity index (χ4n) is 1.18. The van der Waals surface area contributed by atoms with E-state index in [2.05, 4.69) is 4.72 Å². The van der Waals surface area contributed by atoms with E-state index in [1.165, 1.54) is 0 Å². The van der Waals surface area contributed by atoms with Crippen molar-refractivity contribution in [1.82, 2.24) is 9.03 Å². The molecule has 0 aromatic carbocycles. The van der Waals surface area contributed by atoms with Crippen molar-refractivity contribution in [3.8, 4) is 0 Å². The quantitative estimate of drug-likeness (QED) is 0.545. The van der Waals surface area contributed by atoms with Crippen molar-refractivity contribution in [3.05, 3.63) is 0 Å². The summed E-state index contributed by atoms with van der Waals surface area (Å²) in [6, 6.07) is -0.956. The second kappa shape index (κ2) is 3.81. The van der Waals surface area contributed by atoms with Crippen LogP contribution >= 0.6 is 11.6 Å². The Labute approximate surface area is 82.2 Å². The highest BCUT2D eigenvalue weighted by Crippen LogP contribution is 2.15. The van der Waals surface area contributed by atoms with Gasteiger partial charge in [-0.1, -0.05) is 13.3 Å². The lowest BCUT2D eigenvalue weighted by Crippen LogP contribution is -2.30. The van der Waals surface area contributed by atoms with Crippen LogP contribution in [0.25, 0.3) is 0 Å². The molecule has 0 aliphatic carbocycles. The minimum atomic E-state index is -3.66. The molecular weight excluding hydrogens is 216 g/mol. The van der Waals surface area contributed by atoms with Gasteiger partial charge in [0.05, 0.1) is 0 Å².